The van der Waals surface area contributed by atoms with E-state index in [2.05, 4.69) is 27.1 Å². The first-order chi connectivity index (χ1) is 11.6. The summed E-state index contributed by atoms with van der Waals surface area (Å²) in [5.41, 5.74) is 2.79. The smallest absolute Gasteiger partial charge is 0.251 e. The number of nitrogens with one attached hydrogen (secondary N) is 1. The average Bonchev–Trinajstić information content (AvgIpc) is 3.03. The van der Waals surface area contributed by atoms with Crippen LogP contribution < -0.4 is 5.32 Å². The molecule has 1 aromatic carbocycles. The van der Waals surface area contributed by atoms with Crippen LogP contribution in [-0.2, 0) is 0 Å². The van der Waals surface area contributed by atoms with Crippen LogP contribution in [0.5, 0.6) is 0 Å². The standard InChI is InChI=1S/C18H24N4OS/c1-14-13-24-18(20-14)16-5-3-15(4-6-16)17(23)19-7-8-22-11-9-21(2)10-12-22/h3-6,13H,7-12H2,1-2H3,(H,19,23). The van der Waals surface area contributed by atoms with E-state index < -0.39 is 0 Å². The van der Waals surface area contributed by atoms with Gasteiger partial charge in [0.15, 0.2) is 0 Å². The molecule has 2 heterocycles. The van der Waals surface area contributed by atoms with Crippen LogP contribution >= 0.6 is 11.3 Å². The maximum atomic E-state index is 12.2. The summed E-state index contributed by atoms with van der Waals surface area (Å²) < 4.78 is 0. The number of rotatable bonds is 5. The quantitative estimate of drug-likeness (QED) is 0.902. The van der Waals surface area contributed by atoms with Crippen molar-refractivity contribution in [2.75, 3.05) is 46.3 Å². The molecule has 3 rings (SSSR count). The van der Waals surface area contributed by atoms with Gasteiger partial charge in [-0.05, 0) is 26.1 Å². The first kappa shape index (κ1) is 17.1. The van der Waals surface area contributed by atoms with Crippen molar-refractivity contribution in [2.24, 2.45) is 0 Å². The van der Waals surface area contributed by atoms with Gasteiger partial charge in [-0.3, -0.25) is 9.69 Å². The van der Waals surface area contributed by atoms with Crippen molar-refractivity contribution in [1.29, 1.82) is 0 Å². The van der Waals surface area contributed by atoms with Crippen molar-refractivity contribution in [2.45, 2.75) is 6.92 Å². The number of benzene rings is 1. The Balaban J connectivity index is 1.48. The number of hydrogen-bond acceptors (Lipinski definition) is 5. The number of likely N-dealkylation sites (N-methyl/N-ethyl adjacent to an activating group) is 1. The topological polar surface area (TPSA) is 48.5 Å². The van der Waals surface area contributed by atoms with E-state index in [4.69, 9.17) is 0 Å². The lowest BCUT2D eigenvalue weighted by Gasteiger charge is -2.32. The number of thiazole rings is 1. The van der Waals surface area contributed by atoms with E-state index in [1.807, 2.05) is 36.6 Å². The van der Waals surface area contributed by atoms with E-state index in [1.165, 1.54) is 0 Å². The predicted octanol–water partition coefficient (Wildman–Crippen LogP) is 2.10. The molecule has 0 unspecified atom stereocenters. The fourth-order valence-corrected chi connectivity index (χ4v) is 3.56. The van der Waals surface area contributed by atoms with Gasteiger partial charge in [0.2, 0.25) is 0 Å². The molecule has 0 atom stereocenters. The fraction of sp³-hybridized carbons (Fsp3) is 0.444. The van der Waals surface area contributed by atoms with Crippen LogP contribution in [0.15, 0.2) is 29.6 Å². The molecular formula is C18H24N4OS. The van der Waals surface area contributed by atoms with Crippen LogP contribution in [0, 0.1) is 6.92 Å². The molecule has 1 aliphatic heterocycles. The van der Waals surface area contributed by atoms with E-state index in [9.17, 15) is 4.79 Å². The Morgan fingerprint density at radius 2 is 1.92 bits per heavy atom. The van der Waals surface area contributed by atoms with Crippen molar-refractivity contribution >= 4 is 17.2 Å². The van der Waals surface area contributed by atoms with Gasteiger partial charge in [0.25, 0.3) is 5.91 Å². The molecule has 0 radical (unpaired) electrons. The van der Waals surface area contributed by atoms with E-state index in [0.717, 1.165) is 49.0 Å². The number of aryl methyl sites for hydroxylation is 1. The van der Waals surface area contributed by atoms with Crippen LogP contribution in [0.25, 0.3) is 10.6 Å². The molecule has 2 aromatic rings. The summed E-state index contributed by atoms with van der Waals surface area (Å²) in [6.45, 7) is 7.95. The Labute approximate surface area is 147 Å². The predicted molar refractivity (Wildman–Crippen MR) is 98.6 cm³/mol. The highest BCUT2D eigenvalue weighted by molar-refractivity contribution is 7.13. The molecule has 1 N–H and O–H groups in total. The van der Waals surface area contributed by atoms with Crippen LogP contribution in [0.4, 0.5) is 0 Å². The number of nitrogens with zero attached hydrogens (tertiary/aromatic N) is 3. The maximum Gasteiger partial charge on any atom is 0.251 e. The lowest BCUT2D eigenvalue weighted by Crippen LogP contribution is -2.46. The fourth-order valence-electron chi connectivity index (χ4n) is 2.75. The second-order valence-electron chi connectivity index (χ2n) is 6.27. The highest BCUT2D eigenvalue weighted by atomic mass is 32.1. The second kappa shape index (κ2) is 7.88. The molecule has 24 heavy (non-hydrogen) atoms. The number of aromatic nitrogens is 1. The minimum absolute atomic E-state index is 0.00834. The van der Waals surface area contributed by atoms with E-state index >= 15 is 0 Å². The molecule has 0 saturated carbocycles. The largest absolute Gasteiger partial charge is 0.351 e. The zero-order chi connectivity index (χ0) is 16.9. The maximum absolute atomic E-state index is 12.2. The normalized spacial score (nSPS) is 16.2. The Morgan fingerprint density at radius 3 is 2.54 bits per heavy atom. The first-order valence-electron chi connectivity index (χ1n) is 8.33. The third kappa shape index (κ3) is 4.41. The molecule has 6 heteroatoms. The summed E-state index contributed by atoms with van der Waals surface area (Å²) in [6, 6.07) is 7.68. The summed E-state index contributed by atoms with van der Waals surface area (Å²) >= 11 is 1.63. The van der Waals surface area contributed by atoms with E-state index in [-0.39, 0.29) is 5.91 Å². The number of carbonyl (C=O) groups excluding carboxylic acids is 1. The molecule has 1 aliphatic rings. The Morgan fingerprint density at radius 1 is 1.21 bits per heavy atom. The van der Waals surface area contributed by atoms with Crippen LogP contribution in [0.3, 0.4) is 0 Å². The molecule has 1 fully saturated rings. The van der Waals surface area contributed by atoms with Gasteiger partial charge in [-0.15, -0.1) is 11.3 Å². The van der Waals surface area contributed by atoms with Crippen molar-refractivity contribution in [3.63, 3.8) is 0 Å². The molecule has 5 nitrogen and oxygen atoms in total. The molecular weight excluding hydrogens is 320 g/mol. The zero-order valence-electron chi connectivity index (χ0n) is 14.3. The SMILES string of the molecule is Cc1csc(-c2ccc(C(=O)NCCN3CCN(C)CC3)cc2)n1. The van der Waals surface area contributed by atoms with Crippen molar-refractivity contribution < 1.29 is 4.79 Å². The van der Waals surface area contributed by atoms with Gasteiger partial charge in [-0.25, -0.2) is 4.98 Å². The highest BCUT2D eigenvalue weighted by Gasteiger charge is 2.13. The van der Waals surface area contributed by atoms with Gasteiger partial charge in [0.05, 0.1) is 0 Å². The van der Waals surface area contributed by atoms with E-state index in [0.29, 0.717) is 12.1 Å². The molecule has 128 valence electrons. The third-order valence-corrected chi connectivity index (χ3v) is 5.33. The first-order valence-corrected chi connectivity index (χ1v) is 9.21. The molecule has 0 spiro atoms. The molecule has 0 aliphatic carbocycles. The summed E-state index contributed by atoms with van der Waals surface area (Å²) in [5, 5.41) is 6.04. The number of carbonyl (C=O) groups is 1. The van der Waals surface area contributed by atoms with Crippen LogP contribution in [-0.4, -0.2) is 67.0 Å². The number of piperazine rings is 1. The van der Waals surface area contributed by atoms with Gasteiger partial charge in [0.1, 0.15) is 5.01 Å². The minimum atomic E-state index is -0.00834. The minimum Gasteiger partial charge on any atom is -0.351 e. The van der Waals surface area contributed by atoms with Gasteiger partial charge in [-0.1, -0.05) is 12.1 Å². The van der Waals surface area contributed by atoms with Crippen molar-refractivity contribution in [1.82, 2.24) is 20.1 Å². The lowest BCUT2D eigenvalue weighted by atomic mass is 10.1. The molecule has 1 amide bonds. The highest BCUT2D eigenvalue weighted by Crippen LogP contribution is 2.23. The zero-order valence-corrected chi connectivity index (χ0v) is 15.1. The van der Waals surface area contributed by atoms with E-state index in [1.54, 1.807) is 11.3 Å². The van der Waals surface area contributed by atoms with Gasteiger partial charge in [0, 0.05) is 61.5 Å². The molecule has 0 bridgehead atoms. The van der Waals surface area contributed by atoms with Crippen molar-refractivity contribution in [3.05, 3.63) is 40.9 Å². The van der Waals surface area contributed by atoms with Crippen molar-refractivity contribution in [3.8, 4) is 10.6 Å². The lowest BCUT2D eigenvalue weighted by molar-refractivity contribution is 0.0941. The molecule has 1 saturated heterocycles. The van der Waals surface area contributed by atoms with Crippen LogP contribution in [0.2, 0.25) is 0 Å². The second-order valence-corrected chi connectivity index (χ2v) is 7.13. The monoisotopic (exact) mass is 344 g/mol. The summed E-state index contributed by atoms with van der Waals surface area (Å²) in [6.07, 6.45) is 0. The average molecular weight is 344 g/mol. The Kier molecular flexibility index (Phi) is 5.60. The summed E-state index contributed by atoms with van der Waals surface area (Å²) in [4.78, 5) is 21.4. The van der Waals surface area contributed by atoms with Gasteiger partial charge >= 0.3 is 0 Å². The molecule has 1 aromatic heterocycles. The third-order valence-electron chi connectivity index (χ3n) is 4.32. The summed E-state index contributed by atoms with van der Waals surface area (Å²) in [5.74, 6) is -0.00834. The number of amides is 1. The Bertz CT molecular complexity index is 675. The van der Waals surface area contributed by atoms with Crippen LogP contribution in [0.1, 0.15) is 16.1 Å². The summed E-state index contributed by atoms with van der Waals surface area (Å²) in [7, 11) is 2.15. The number of hydrogen-bond donors (Lipinski definition) is 1. The Hall–Kier alpha value is -1.76. The van der Waals surface area contributed by atoms with Gasteiger partial charge in [-0.2, -0.15) is 0 Å². The van der Waals surface area contributed by atoms with Gasteiger partial charge < -0.3 is 10.2 Å².